The molecule has 1 aliphatic rings. The molecule has 3 aromatic heterocycles. The summed E-state index contributed by atoms with van der Waals surface area (Å²) in [5, 5.41) is 0. The van der Waals surface area contributed by atoms with Crippen LogP contribution in [0.3, 0.4) is 0 Å². The fourth-order valence-electron chi connectivity index (χ4n) is 4.21. The highest BCUT2D eigenvalue weighted by molar-refractivity contribution is 5.75. The number of imidazole rings is 2. The van der Waals surface area contributed by atoms with E-state index < -0.39 is 0 Å². The molecule has 1 saturated heterocycles. The molecule has 1 aliphatic heterocycles. The van der Waals surface area contributed by atoms with Gasteiger partial charge in [0.25, 0.3) is 0 Å². The van der Waals surface area contributed by atoms with Crippen molar-refractivity contribution in [2.75, 3.05) is 6.54 Å². The van der Waals surface area contributed by atoms with Crippen LogP contribution in [0, 0.1) is 6.92 Å². The second kappa shape index (κ2) is 5.95. The number of para-hydroxylation sites is 2. The van der Waals surface area contributed by atoms with Crippen LogP contribution in [0.25, 0.3) is 16.7 Å². The first-order valence-corrected chi connectivity index (χ1v) is 9.29. The second-order valence-electron chi connectivity index (χ2n) is 7.35. The zero-order valence-electron chi connectivity index (χ0n) is 15.3. The number of fused-ring (bicyclic) bond motifs is 2. The minimum atomic E-state index is 0.360. The SMILES string of the molecule is Cc1ccc2nc(CN3CCC[C@@H]3c3nc4ccccc4n3C)cn2c1. The number of likely N-dealkylation sites (tertiary alicyclic amines) is 1. The van der Waals surface area contributed by atoms with Crippen LogP contribution in [0.1, 0.15) is 36.0 Å². The summed E-state index contributed by atoms with van der Waals surface area (Å²) in [6.45, 7) is 4.08. The molecule has 26 heavy (non-hydrogen) atoms. The number of hydrogen-bond acceptors (Lipinski definition) is 3. The molecule has 1 aromatic carbocycles. The molecule has 0 bridgehead atoms. The lowest BCUT2D eigenvalue weighted by Crippen LogP contribution is -2.25. The van der Waals surface area contributed by atoms with E-state index in [2.05, 4.69) is 76.6 Å². The van der Waals surface area contributed by atoms with Crippen molar-refractivity contribution >= 4 is 16.7 Å². The van der Waals surface area contributed by atoms with Crippen LogP contribution in [-0.4, -0.2) is 30.4 Å². The number of hydrogen-bond donors (Lipinski definition) is 0. The van der Waals surface area contributed by atoms with Gasteiger partial charge in [-0.1, -0.05) is 18.2 Å². The molecule has 0 saturated carbocycles. The first-order chi connectivity index (χ1) is 12.7. The van der Waals surface area contributed by atoms with Gasteiger partial charge in [-0.25, -0.2) is 9.97 Å². The van der Waals surface area contributed by atoms with E-state index in [1.165, 1.54) is 23.3 Å². The van der Waals surface area contributed by atoms with Crippen molar-refractivity contribution < 1.29 is 0 Å². The summed E-state index contributed by atoms with van der Waals surface area (Å²) >= 11 is 0. The third kappa shape index (κ3) is 2.51. The van der Waals surface area contributed by atoms with Gasteiger partial charge < -0.3 is 8.97 Å². The topological polar surface area (TPSA) is 38.4 Å². The van der Waals surface area contributed by atoms with Gasteiger partial charge in [-0.05, 0) is 50.1 Å². The smallest absolute Gasteiger partial charge is 0.137 e. The number of benzene rings is 1. The molecule has 5 rings (SSSR count). The molecular formula is C21H23N5. The average Bonchev–Trinajstić information content (AvgIpc) is 3.33. The lowest BCUT2D eigenvalue weighted by atomic mass is 10.2. The predicted octanol–water partition coefficient (Wildman–Crippen LogP) is 3.87. The van der Waals surface area contributed by atoms with Crippen LogP contribution in [0.2, 0.25) is 0 Å². The molecule has 0 spiro atoms. The Morgan fingerprint density at radius 2 is 1.96 bits per heavy atom. The lowest BCUT2D eigenvalue weighted by molar-refractivity contribution is 0.235. The van der Waals surface area contributed by atoms with Crippen LogP contribution in [0.5, 0.6) is 0 Å². The Kier molecular flexibility index (Phi) is 3.57. The second-order valence-corrected chi connectivity index (χ2v) is 7.35. The summed E-state index contributed by atoms with van der Waals surface area (Å²) in [6, 6.07) is 13.0. The monoisotopic (exact) mass is 345 g/mol. The largest absolute Gasteiger partial charge is 0.330 e. The van der Waals surface area contributed by atoms with E-state index in [1.54, 1.807) is 0 Å². The van der Waals surface area contributed by atoms with Crippen LogP contribution in [0.15, 0.2) is 48.8 Å². The summed E-state index contributed by atoms with van der Waals surface area (Å²) in [6.07, 6.45) is 6.66. The molecule has 5 heteroatoms. The Balaban J connectivity index is 1.46. The van der Waals surface area contributed by atoms with E-state index in [9.17, 15) is 0 Å². The Hall–Kier alpha value is -2.66. The van der Waals surface area contributed by atoms with E-state index in [1.807, 2.05) is 0 Å². The number of aromatic nitrogens is 4. The molecule has 0 N–H and O–H groups in total. The Bertz CT molecular complexity index is 1090. The minimum absolute atomic E-state index is 0.360. The summed E-state index contributed by atoms with van der Waals surface area (Å²) in [5.74, 6) is 1.17. The highest BCUT2D eigenvalue weighted by Crippen LogP contribution is 2.33. The quantitative estimate of drug-likeness (QED) is 0.566. The van der Waals surface area contributed by atoms with Crippen LogP contribution < -0.4 is 0 Å². The molecular weight excluding hydrogens is 322 g/mol. The van der Waals surface area contributed by atoms with Gasteiger partial charge in [0.2, 0.25) is 0 Å². The Morgan fingerprint density at radius 1 is 1.08 bits per heavy atom. The summed E-state index contributed by atoms with van der Waals surface area (Å²) < 4.78 is 4.39. The van der Waals surface area contributed by atoms with E-state index in [-0.39, 0.29) is 0 Å². The van der Waals surface area contributed by atoms with Gasteiger partial charge in [-0.2, -0.15) is 0 Å². The maximum absolute atomic E-state index is 4.94. The van der Waals surface area contributed by atoms with Gasteiger partial charge in [0.05, 0.1) is 22.8 Å². The van der Waals surface area contributed by atoms with Gasteiger partial charge in [-0.3, -0.25) is 4.90 Å². The van der Waals surface area contributed by atoms with Crippen molar-refractivity contribution in [3.05, 3.63) is 65.9 Å². The molecule has 4 aromatic rings. The van der Waals surface area contributed by atoms with Crippen molar-refractivity contribution in [3.8, 4) is 0 Å². The molecule has 1 atom stereocenters. The standard InChI is InChI=1S/C21H23N5/c1-15-9-10-20-22-16(14-26(20)12-15)13-25-11-5-8-19(25)21-23-17-6-3-4-7-18(17)24(21)2/h3-4,6-7,9-10,12,14,19H,5,8,11,13H2,1-2H3/t19-/m1/s1. The van der Waals surface area contributed by atoms with Gasteiger partial charge >= 0.3 is 0 Å². The van der Waals surface area contributed by atoms with Crippen LogP contribution in [0.4, 0.5) is 0 Å². The lowest BCUT2D eigenvalue weighted by Gasteiger charge is -2.23. The Morgan fingerprint density at radius 3 is 2.85 bits per heavy atom. The Labute approximate surface area is 152 Å². The van der Waals surface area contributed by atoms with Crippen molar-refractivity contribution in [1.82, 2.24) is 23.8 Å². The molecule has 0 unspecified atom stereocenters. The van der Waals surface area contributed by atoms with Crippen LogP contribution in [-0.2, 0) is 13.6 Å². The third-order valence-corrected chi connectivity index (χ3v) is 5.50. The number of rotatable bonds is 3. The van der Waals surface area contributed by atoms with E-state index in [0.717, 1.165) is 36.4 Å². The number of nitrogens with zero attached hydrogens (tertiary/aromatic N) is 5. The van der Waals surface area contributed by atoms with Crippen molar-refractivity contribution in [2.45, 2.75) is 32.4 Å². The molecule has 0 amide bonds. The van der Waals surface area contributed by atoms with E-state index in [0.29, 0.717) is 6.04 Å². The molecule has 0 aliphatic carbocycles. The first kappa shape index (κ1) is 15.6. The highest BCUT2D eigenvalue weighted by atomic mass is 15.2. The predicted molar refractivity (Wildman–Crippen MR) is 103 cm³/mol. The van der Waals surface area contributed by atoms with Gasteiger partial charge in [0.15, 0.2) is 0 Å². The normalized spacial score (nSPS) is 18.3. The molecule has 0 radical (unpaired) electrons. The average molecular weight is 345 g/mol. The summed E-state index contributed by atoms with van der Waals surface area (Å²) in [7, 11) is 2.13. The molecule has 132 valence electrons. The van der Waals surface area contributed by atoms with Crippen molar-refractivity contribution in [3.63, 3.8) is 0 Å². The maximum Gasteiger partial charge on any atom is 0.137 e. The fraction of sp³-hybridized carbons (Fsp3) is 0.333. The van der Waals surface area contributed by atoms with Gasteiger partial charge in [-0.15, -0.1) is 0 Å². The van der Waals surface area contributed by atoms with Gasteiger partial charge in [0, 0.05) is 26.0 Å². The van der Waals surface area contributed by atoms with Gasteiger partial charge in [0.1, 0.15) is 11.5 Å². The van der Waals surface area contributed by atoms with E-state index >= 15 is 0 Å². The maximum atomic E-state index is 4.94. The molecule has 4 heterocycles. The van der Waals surface area contributed by atoms with Crippen LogP contribution >= 0.6 is 0 Å². The zero-order valence-corrected chi connectivity index (χ0v) is 15.3. The summed E-state index contributed by atoms with van der Waals surface area (Å²) in [5.41, 5.74) is 5.68. The van der Waals surface area contributed by atoms with Crippen molar-refractivity contribution in [1.29, 1.82) is 0 Å². The third-order valence-electron chi connectivity index (χ3n) is 5.50. The fourth-order valence-corrected chi connectivity index (χ4v) is 4.21. The molecule has 1 fully saturated rings. The summed E-state index contributed by atoms with van der Waals surface area (Å²) in [4.78, 5) is 12.3. The number of aryl methyl sites for hydroxylation is 2. The van der Waals surface area contributed by atoms with E-state index in [4.69, 9.17) is 9.97 Å². The minimum Gasteiger partial charge on any atom is -0.330 e. The van der Waals surface area contributed by atoms with Crippen molar-refractivity contribution in [2.24, 2.45) is 7.05 Å². The first-order valence-electron chi connectivity index (χ1n) is 9.29. The highest BCUT2D eigenvalue weighted by Gasteiger charge is 2.30. The molecule has 5 nitrogen and oxygen atoms in total. The zero-order chi connectivity index (χ0) is 17.7. The number of pyridine rings is 1.